The number of aromatic nitrogens is 1. The Kier molecular flexibility index (Phi) is 4.60. The van der Waals surface area contributed by atoms with E-state index in [1.165, 1.54) is 0 Å². The molecule has 1 aromatic heterocycles. The van der Waals surface area contributed by atoms with E-state index in [1.54, 1.807) is 17.3 Å². The van der Waals surface area contributed by atoms with Gasteiger partial charge in [-0.15, -0.1) is 0 Å². The average Bonchev–Trinajstić information content (AvgIpc) is 2.98. The maximum atomic E-state index is 12.5. The molecule has 3 rings (SSSR count). The molecule has 0 spiro atoms. The minimum atomic E-state index is -0.276. The van der Waals surface area contributed by atoms with E-state index in [0.29, 0.717) is 19.5 Å². The number of carbonyl (C=O) groups excluding carboxylic acids is 2. The van der Waals surface area contributed by atoms with E-state index in [0.717, 1.165) is 22.4 Å². The van der Waals surface area contributed by atoms with E-state index in [-0.39, 0.29) is 17.7 Å². The van der Waals surface area contributed by atoms with Gasteiger partial charge >= 0.3 is 0 Å². The maximum absolute atomic E-state index is 12.5. The van der Waals surface area contributed by atoms with E-state index >= 15 is 0 Å². The molecule has 0 bridgehead atoms. The molecule has 1 N–H and O–H groups in total. The largest absolute Gasteiger partial charge is 0.342 e. The van der Waals surface area contributed by atoms with Crippen molar-refractivity contribution >= 4 is 17.5 Å². The predicted molar refractivity (Wildman–Crippen MR) is 93.4 cm³/mol. The first-order chi connectivity index (χ1) is 11.6. The zero-order valence-corrected chi connectivity index (χ0v) is 14.0. The number of nitrogens with one attached hydrogen (secondary N) is 1. The summed E-state index contributed by atoms with van der Waals surface area (Å²) in [7, 11) is 0. The molecule has 0 radical (unpaired) electrons. The zero-order chi connectivity index (χ0) is 17.1. The van der Waals surface area contributed by atoms with Gasteiger partial charge in [-0.2, -0.15) is 0 Å². The molecule has 5 nitrogen and oxygen atoms in total. The lowest BCUT2D eigenvalue weighted by atomic mass is 10.0. The van der Waals surface area contributed by atoms with Crippen LogP contribution in [0.15, 0.2) is 42.7 Å². The second-order valence-corrected chi connectivity index (χ2v) is 6.09. The lowest BCUT2D eigenvalue weighted by Gasteiger charge is -2.15. The van der Waals surface area contributed by atoms with E-state index < -0.39 is 0 Å². The number of carbonyl (C=O) groups is 2. The van der Waals surface area contributed by atoms with Gasteiger partial charge in [0, 0.05) is 37.6 Å². The molecule has 1 aromatic carbocycles. The van der Waals surface area contributed by atoms with Crippen LogP contribution in [0.5, 0.6) is 0 Å². The van der Waals surface area contributed by atoms with Crippen molar-refractivity contribution in [3.05, 3.63) is 48.3 Å². The van der Waals surface area contributed by atoms with Crippen LogP contribution in [-0.4, -0.2) is 34.8 Å². The highest BCUT2D eigenvalue weighted by Gasteiger charge is 2.33. The first-order valence-corrected chi connectivity index (χ1v) is 8.18. The van der Waals surface area contributed by atoms with Gasteiger partial charge in [-0.3, -0.25) is 14.6 Å². The molecule has 0 saturated carbocycles. The number of likely N-dealkylation sites (tertiary alicyclic amines) is 1. The van der Waals surface area contributed by atoms with Crippen LogP contribution in [0.1, 0.15) is 18.9 Å². The van der Waals surface area contributed by atoms with Crippen LogP contribution in [0, 0.1) is 12.8 Å². The molecule has 2 aromatic rings. The molecule has 1 saturated heterocycles. The molecule has 0 aliphatic carbocycles. The summed E-state index contributed by atoms with van der Waals surface area (Å²) in [5.41, 5.74) is 3.86. The molecule has 124 valence electrons. The van der Waals surface area contributed by atoms with Crippen LogP contribution in [0.4, 0.5) is 5.69 Å². The Balaban J connectivity index is 1.78. The van der Waals surface area contributed by atoms with E-state index in [4.69, 9.17) is 0 Å². The lowest BCUT2D eigenvalue weighted by molar-refractivity contribution is -0.128. The molecule has 2 amide bonds. The predicted octanol–water partition coefficient (Wildman–Crippen LogP) is 2.86. The van der Waals surface area contributed by atoms with E-state index in [9.17, 15) is 9.59 Å². The van der Waals surface area contributed by atoms with E-state index in [2.05, 4.69) is 10.3 Å². The van der Waals surface area contributed by atoms with Crippen LogP contribution >= 0.6 is 0 Å². The third-order valence-corrected chi connectivity index (χ3v) is 4.48. The fourth-order valence-corrected chi connectivity index (χ4v) is 2.97. The van der Waals surface area contributed by atoms with Crippen molar-refractivity contribution in [3.8, 4) is 11.1 Å². The van der Waals surface area contributed by atoms with Gasteiger partial charge < -0.3 is 10.2 Å². The summed E-state index contributed by atoms with van der Waals surface area (Å²) >= 11 is 0. The van der Waals surface area contributed by atoms with Gasteiger partial charge in [-0.1, -0.05) is 12.1 Å². The highest BCUT2D eigenvalue weighted by Crippen LogP contribution is 2.26. The van der Waals surface area contributed by atoms with Crippen molar-refractivity contribution in [3.63, 3.8) is 0 Å². The molecule has 0 unspecified atom stereocenters. The summed E-state index contributed by atoms with van der Waals surface area (Å²) in [4.78, 5) is 30.1. The summed E-state index contributed by atoms with van der Waals surface area (Å²) < 4.78 is 0. The minimum absolute atomic E-state index is 0.0555. The van der Waals surface area contributed by atoms with Crippen molar-refractivity contribution in [2.75, 3.05) is 18.4 Å². The fraction of sp³-hybridized carbons (Fsp3) is 0.316. The quantitative estimate of drug-likeness (QED) is 0.941. The van der Waals surface area contributed by atoms with Crippen LogP contribution in [-0.2, 0) is 9.59 Å². The zero-order valence-electron chi connectivity index (χ0n) is 14.0. The van der Waals surface area contributed by atoms with Crippen LogP contribution < -0.4 is 5.32 Å². The van der Waals surface area contributed by atoms with Gasteiger partial charge in [0.25, 0.3) is 0 Å². The molecular weight excluding hydrogens is 302 g/mol. The van der Waals surface area contributed by atoms with Gasteiger partial charge in [0.1, 0.15) is 0 Å². The summed E-state index contributed by atoms with van der Waals surface area (Å²) in [5.74, 6) is -0.310. The number of pyridine rings is 1. The number of rotatable bonds is 4. The third-order valence-electron chi connectivity index (χ3n) is 4.48. The molecule has 2 heterocycles. The number of hydrogen-bond donors (Lipinski definition) is 1. The Bertz CT molecular complexity index is 758. The molecule has 1 fully saturated rings. The van der Waals surface area contributed by atoms with Crippen molar-refractivity contribution in [2.45, 2.75) is 20.3 Å². The van der Waals surface area contributed by atoms with Crippen molar-refractivity contribution < 1.29 is 9.59 Å². The molecule has 5 heteroatoms. The summed E-state index contributed by atoms with van der Waals surface area (Å²) in [6.45, 7) is 5.05. The fourth-order valence-electron chi connectivity index (χ4n) is 2.97. The van der Waals surface area contributed by atoms with Gasteiger partial charge in [-0.05, 0) is 48.7 Å². The van der Waals surface area contributed by atoms with Gasteiger partial charge in [-0.25, -0.2) is 0 Å². The highest BCUT2D eigenvalue weighted by molar-refractivity contribution is 5.98. The molecule has 1 aliphatic rings. The van der Waals surface area contributed by atoms with Crippen LogP contribution in [0.25, 0.3) is 11.1 Å². The highest BCUT2D eigenvalue weighted by atomic mass is 16.2. The first-order valence-electron chi connectivity index (χ1n) is 8.18. The van der Waals surface area contributed by atoms with Crippen molar-refractivity contribution in [1.29, 1.82) is 0 Å². The third kappa shape index (κ3) is 3.30. The normalized spacial score (nSPS) is 17.2. The second kappa shape index (κ2) is 6.83. The topological polar surface area (TPSA) is 62.3 Å². The Hall–Kier alpha value is -2.69. The average molecular weight is 323 g/mol. The standard InChI is InChI=1S/C19H21N3O2/c1-3-22-12-16(11-18(22)23)19(24)21-17-10-15(5-4-13(17)2)14-6-8-20-9-7-14/h4-10,16H,3,11-12H2,1-2H3,(H,21,24)/t16-/m1/s1. The number of anilines is 1. The van der Waals surface area contributed by atoms with Gasteiger partial charge in [0.2, 0.25) is 11.8 Å². The van der Waals surface area contributed by atoms with E-state index in [1.807, 2.05) is 44.2 Å². The minimum Gasteiger partial charge on any atom is -0.342 e. The molecular formula is C19H21N3O2. The Labute approximate surface area is 141 Å². The monoisotopic (exact) mass is 323 g/mol. The second-order valence-electron chi connectivity index (χ2n) is 6.09. The Morgan fingerprint density at radius 1 is 1.25 bits per heavy atom. The summed E-state index contributed by atoms with van der Waals surface area (Å²) in [6.07, 6.45) is 3.79. The van der Waals surface area contributed by atoms with Crippen molar-refractivity contribution in [2.24, 2.45) is 5.92 Å². The summed E-state index contributed by atoms with van der Waals surface area (Å²) in [6, 6.07) is 9.86. The smallest absolute Gasteiger partial charge is 0.229 e. The van der Waals surface area contributed by atoms with Crippen LogP contribution in [0.2, 0.25) is 0 Å². The first kappa shape index (κ1) is 16.2. The Morgan fingerprint density at radius 2 is 2.00 bits per heavy atom. The number of amides is 2. The lowest BCUT2D eigenvalue weighted by Crippen LogP contribution is -2.28. The van der Waals surface area contributed by atoms with Crippen LogP contribution in [0.3, 0.4) is 0 Å². The molecule has 1 aliphatic heterocycles. The molecule has 24 heavy (non-hydrogen) atoms. The summed E-state index contributed by atoms with van der Waals surface area (Å²) in [5, 5.41) is 2.99. The van der Waals surface area contributed by atoms with Gasteiger partial charge in [0.05, 0.1) is 5.92 Å². The SMILES string of the molecule is CCN1C[C@H](C(=O)Nc2cc(-c3ccncc3)ccc2C)CC1=O. The van der Waals surface area contributed by atoms with Crippen molar-refractivity contribution in [1.82, 2.24) is 9.88 Å². The number of nitrogens with zero attached hydrogens (tertiary/aromatic N) is 2. The molecule has 1 atom stereocenters. The number of hydrogen-bond acceptors (Lipinski definition) is 3. The maximum Gasteiger partial charge on any atom is 0.229 e. The number of benzene rings is 1. The number of aryl methyl sites for hydroxylation is 1. The van der Waals surface area contributed by atoms with Gasteiger partial charge in [0.15, 0.2) is 0 Å². The Morgan fingerprint density at radius 3 is 2.67 bits per heavy atom.